The van der Waals surface area contributed by atoms with Gasteiger partial charge in [0.15, 0.2) is 5.69 Å². The molecular weight excluding hydrogens is 304 g/mol. The van der Waals surface area contributed by atoms with E-state index < -0.39 is 5.97 Å². The van der Waals surface area contributed by atoms with Crippen molar-refractivity contribution in [2.75, 3.05) is 0 Å². The Kier molecular flexibility index (Phi) is 3.89. The number of nitrogens with zero attached hydrogens (tertiary/aromatic N) is 2. The number of carbonyl (C=O) groups is 1. The van der Waals surface area contributed by atoms with Crippen LogP contribution in [-0.4, -0.2) is 21.0 Å². The third kappa shape index (κ3) is 2.99. The van der Waals surface area contributed by atoms with Gasteiger partial charge in [-0.05, 0) is 29.8 Å². The fourth-order valence-corrected chi connectivity index (χ4v) is 2.17. The van der Waals surface area contributed by atoms with Crippen molar-refractivity contribution < 1.29 is 14.3 Å². The lowest BCUT2D eigenvalue weighted by Crippen LogP contribution is -2.01. The maximum absolute atomic E-state index is 11.4. The monoisotopic (exact) mass is 314 g/mol. The number of oxazole rings is 1. The highest BCUT2D eigenvalue weighted by atomic mass is 35.5. The van der Waals surface area contributed by atoms with Gasteiger partial charge in [-0.1, -0.05) is 23.7 Å². The average Bonchev–Trinajstić information content (AvgIpc) is 2.95. The zero-order chi connectivity index (χ0) is 15.5. The van der Waals surface area contributed by atoms with Crippen molar-refractivity contribution >= 4 is 17.6 Å². The summed E-state index contributed by atoms with van der Waals surface area (Å²) >= 11 is 5.84. The summed E-state index contributed by atoms with van der Waals surface area (Å²) < 4.78 is 5.64. The lowest BCUT2D eigenvalue weighted by atomic mass is 10.1. The van der Waals surface area contributed by atoms with Gasteiger partial charge in [0, 0.05) is 29.4 Å². The van der Waals surface area contributed by atoms with Crippen LogP contribution in [0, 0.1) is 0 Å². The molecule has 3 rings (SSSR count). The number of halogens is 1. The summed E-state index contributed by atoms with van der Waals surface area (Å²) in [5.74, 6) is -0.543. The number of hydrogen-bond donors (Lipinski definition) is 1. The first kappa shape index (κ1) is 14.3. The minimum atomic E-state index is -1.12. The van der Waals surface area contributed by atoms with E-state index in [2.05, 4.69) is 9.97 Å². The predicted octanol–water partition coefficient (Wildman–Crippen LogP) is 3.68. The van der Waals surface area contributed by atoms with Gasteiger partial charge in [0.05, 0.1) is 0 Å². The zero-order valence-corrected chi connectivity index (χ0v) is 12.1. The average molecular weight is 315 g/mol. The van der Waals surface area contributed by atoms with Crippen molar-refractivity contribution in [1.29, 1.82) is 0 Å². The van der Waals surface area contributed by atoms with Crippen molar-refractivity contribution in [3.63, 3.8) is 0 Å². The summed E-state index contributed by atoms with van der Waals surface area (Å²) in [5, 5.41) is 9.91. The van der Waals surface area contributed by atoms with Crippen molar-refractivity contribution in [1.82, 2.24) is 9.97 Å². The Bertz CT molecular complexity index is 798. The van der Waals surface area contributed by atoms with Crippen LogP contribution in [-0.2, 0) is 6.42 Å². The van der Waals surface area contributed by atoms with E-state index in [9.17, 15) is 9.90 Å². The van der Waals surface area contributed by atoms with E-state index in [1.54, 1.807) is 36.7 Å². The maximum atomic E-state index is 11.4. The minimum absolute atomic E-state index is 0.0817. The smallest absolute Gasteiger partial charge is 0.358 e. The maximum Gasteiger partial charge on any atom is 0.358 e. The Morgan fingerprint density at radius 1 is 1.14 bits per heavy atom. The molecule has 0 bridgehead atoms. The molecule has 0 spiro atoms. The fraction of sp³-hybridized carbons (Fsp3) is 0.0625. The summed E-state index contributed by atoms with van der Waals surface area (Å²) in [4.78, 5) is 19.3. The van der Waals surface area contributed by atoms with Crippen molar-refractivity contribution in [2.45, 2.75) is 6.42 Å². The number of carboxylic acid groups (broad SMARTS) is 1. The van der Waals surface area contributed by atoms with E-state index >= 15 is 0 Å². The predicted molar refractivity (Wildman–Crippen MR) is 81.0 cm³/mol. The molecule has 3 aromatic rings. The van der Waals surface area contributed by atoms with Gasteiger partial charge >= 0.3 is 5.97 Å². The number of benzene rings is 1. The van der Waals surface area contributed by atoms with Crippen molar-refractivity contribution in [3.05, 3.63) is 70.8 Å². The van der Waals surface area contributed by atoms with Gasteiger partial charge in [-0.15, -0.1) is 0 Å². The highest BCUT2D eigenvalue weighted by molar-refractivity contribution is 6.30. The quantitative estimate of drug-likeness (QED) is 0.795. The van der Waals surface area contributed by atoms with E-state index in [1.165, 1.54) is 0 Å². The zero-order valence-electron chi connectivity index (χ0n) is 11.4. The number of carboxylic acids is 1. The van der Waals surface area contributed by atoms with Crippen LogP contribution in [0.15, 0.2) is 53.2 Å². The van der Waals surface area contributed by atoms with E-state index in [4.69, 9.17) is 16.0 Å². The number of aromatic nitrogens is 2. The Labute approximate surface area is 131 Å². The second-order valence-corrected chi connectivity index (χ2v) is 5.07. The molecule has 2 heterocycles. The summed E-state index contributed by atoms with van der Waals surface area (Å²) in [6, 6.07) is 10.6. The SMILES string of the molecule is O=C(O)c1nc(-c2ccncc2)oc1Cc1ccc(Cl)cc1. The third-order valence-electron chi connectivity index (χ3n) is 3.11. The Hall–Kier alpha value is -2.66. The molecule has 5 nitrogen and oxygen atoms in total. The molecule has 0 unspecified atom stereocenters. The molecule has 0 fully saturated rings. The minimum Gasteiger partial charge on any atom is -0.476 e. The molecular formula is C16H11ClN2O3. The molecule has 1 N–H and O–H groups in total. The van der Waals surface area contributed by atoms with E-state index in [0.717, 1.165) is 5.56 Å². The second kappa shape index (κ2) is 5.99. The van der Waals surface area contributed by atoms with Crippen LogP contribution in [0.4, 0.5) is 0 Å². The van der Waals surface area contributed by atoms with Crippen LogP contribution in [0.3, 0.4) is 0 Å². The van der Waals surface area contributed by atoms with Crippen LogP contribution in [0.1, 0.15) is 21.8 Å². The van der Waals surface area contributed by atoms with Crippen LogP contribution < -0.4 is 0 Å². The van der Waals surface area contributed by atoms with Gasteiger partial charge in [0.1, 0.15) is 5.76 Å². The largest absolute Gasteiger partial charge is 0.476 e. The molecule has 2 aromatic heterocycles. The molecule has 1 aromatic carbocycles. The van der Waals surface area contributed by atoms with Crippen LogP contribution in [0.2, 0.25) is 5.02 Å². The Morgan fingerprint density at radius 2 is 1.82 bits per heavy atom. The van der Waals surface area contributed by atoms with Gasteiger partial charge in [-0.2, -0.15) is 0 Å². The molecule has 0 aliphatic rings. The number of pyridine rings is 1. The first-order valence-electron chi connectivity index (χ1n) is 6.51. The van der Waals surface area contributed by atoms with Crippen LogP contribution in [0.5, 0.6) is 0 Å². The van der Waals surface area contributed by atoms with Crippen LogP contribution >= 0.6 is 11.6 Å². The first-order valence-corrected chi connectivity index (χ1v) is 6.89. The Balaban J connectivity index is 1.97. The summed E-state index contributed by atoms with van der Waals surface area (Å²) in [6.07, 6.45) is 3.52. The highest BCUT2D eigenvalue weighted by Crippen LogP contribution is 2.24. The van der Waals surface area contributed by atoms with E-state index in [-0.39, 0.29) is 11.6 Å². The molecule has 0 amide bonds. The third-order valence-corrected chi connectivity index (χ3v) is 3.36. The van der Waals surface area contributed by atoms with Crippen LogP contribution in [0.25, 0.3) is 11.5 Å². The molecule has 22 heavy (non-hydrogen) atoms. The number of aromatic carboxylic acids is 1. The van der Waals surface area contributed by atoms with Crippen molar-refractivity contribution in [2.24, 2.45) is 0 Å². The lowest BCUT2D eigenvalue weighted by Gasteiger charge is -1.99. The topological polar surface area (TPSA) is 76.2 Å². The van der Waals surface area contributed by atoms with Gasteiger partial charge in [-0.3, -0.25) is 4.98 Å². The molecule has 0 aliphatic carbocycles. The molecule has 0 radical (unpaired) electrons. The molecule has 0 aliphatic heterocycles. The first-order chi connectivity index (χ1) is 10.6. The normalized spacial score (nSPS) is 10.6. The van der Waals surface area contributed by atoms with Gasteiger partial charge in [0.2, 0.25) is 5.89 Å². The Morgan fingerprint density at radius 3 is 2.45 bits per heavy atom. The van der Waals surface area contributed by atoms with Gasteiger partial charge in [-0.25, -0.2) is 9.78 Å². The summed E-state index contributed by atoms with van der Waals surface area (Å²) in [6.45, 7) is 0. The standard InChI is InChI=1S/C16H11ClN2O3/c17-12-3-1-10(2-4-12)9-13-14(16(20)21)19-15(22-13)11-5-7-18-8-6-11/h1-8H,9H2,(H,20,21). The number of hydrogen-bond acceptors (Lipinski definition) is 4. The number of rotatable bonds is 4. The summed E-state index contributed by atoms with van der Waals surface area (Å²) in [5.41, 5.74) is 1.49. The molecule has 110 valence electrons. The molecule has 0 atom stereocenters. The molecule has 6 heteroatoms. The molecule has 0 saturated heterocycles. The second-order valence-electron chi connectivity index (χ2n) is 4.64. The summed E-state index contributed by atoms with van der Waals surface area (Å²) in [7, 11) is 0. The van der Waals surface area contributed by atoms with E-state index in [1.807, 2.05) is 12.1 Å². The highest BCUT2D eigenvalue weighted by Gasteiger charge is 2.20. The lowest BCUT2D eigenvalue weighted by molar-refractivity contribution is 0.0689. The molecule has 0 saturated carbocycles. The van der Waals surface area contributed by atoms with Gasteiger partial charge in [0.25, 0.3) is 0 Å². The van der Waals surface area contributed by atoms with Gasteiger partial charge < -0.3 is 9.52 Å². The fourth-order valence-electron chi connectivity index (χ4n) is 2.04. The van der Waals surface area contributed by atoms with E-state index in [0.29, 0.717) is 22.8 Å². The van der Waals surface area contributed by atoms with Crippen molar-refractivity contribution in [3.8, 4) is 11.5 Å².